The van der Waals surface area contributed by atoms with E-state index in [-0.39, 0.29) is 23.9 Å². The molecule has 2 aromatic heterocycles. The number of benzene rings is 1. The Hall–Kier alpha value is -2.94. The van der Waals surface area contributed by atoms with Crippen LogP contribution in [0.1, 0.15) is 68.4 Å². The van der Waals surface area contributed by atoms with Crippen molar-refractivity contribution >= 4 is 28.7 Å². The summed E-state index contributed by atoms with van der Waals surface area (Å²) in [6.45, 7) is 1.96. The SMILES string of the molecule is CC(NC(=O)CCSc1nc(C2CC2)nc2c1c(=O)[nH]c(=O)n2C1CC1)c1ccccc1. The van der Waals surface area contributed by atoms with Gasteiger partial charge in [0.2, 0.25) is 5.91 Å². The number of thioether (sulfide) groups is 1. The molecule has 2 N–H and O–H groups in total. The van der Waals surface area contributed by atoms with Crippen LogP contribution < -0.4 is 16.6 Å². The van der Waals surface area contributed by atoms with Crippen molar-refractivity contribution in [1.82, 2.24) is 24.8 Å². The Kier molecular flexibility index (Phi) is 5.58. The van der Waals surface area contributed by atoms with Crippen LogP contribution in [0.2, 0.25) is 0 Å². The van der Waals surface area contributed by atoms with Crippen LogP contribution in [0.25, 0.3) is 11.0 Å². The Balaban J connectivity index is 1.36. The van der Waals surface area contributed by atoms with Crippen molar-refractivity contribution in [1.29, 1.82) is 0 Å². The van der Waals surface area contributed by atoms with Gasteiger partial charge in [0.15, 0.2) is 5.65 Å². The number of aromatic nitrogens is 4. The number of nitrogens with one attached hydrogen (secondary N) is 2. The zero-order valence-electron chi connectivity index (χ0n) is 17.8. The Labute approximate surface area is 188 Å². The maximum absolute atomic E-state index is 12.7. The highest BCUT2D eigenvalue weighted by Gasteiger charge is 2.32. The monoisotopic (exact) mass is 451 g/mol. The molecule has 0 bridgehead atoms. The lowest BCUT2D eigenvalue weighted by Gasteiger charge is -2.14. The second kappa shape index (κ2) is 8.54. The predicted octanol–water partition coefficient (Wildman–Crippen LogP) is 3.05. The fourth-order valence-corrected chi connectivity index (χ4v) is 4.78. The Morgan fingerprint density at radius 2 is 1.94 bits per heavy atom. The minimum Gasteiger partial charge on any atom is -0.350 e. The molecule has 0 aliphatic heterocycles. The molecule has 2 fully saturated rings. The summed E-state index contributed by atoms with van der Waals surface area (Å²) >= 11 is 1.37. The smallest absolute Gasteiger partial charge is 0.330 e. The third kappa shape index (κ3) is 4.34. The van der Waals surface area contributed by atoms with Gasteiger partial charge in [-0.05, 0) is 38.2 Å². The largest absolute Gasteiger partial charge is 0.350 e. The minimum atomic E-state index is -0.464. The van der Waals surface area contributed by atoms with Gasteiger partial charge in [0.05, 0.1) is 6.04 Å². The van der Waals surface area contributed by atoms with E-state index in [9.17, 15) is 14.4 Å². The van der Waals surface area contributed by atoms with Gasteiger partial charge in [-0.15, -0.1) is 11.8 Å². The van der Waals surface area contributed by atoms with Crippen molar-refractivity contribution in [3.8, 4) is 0 Å². The second-order valence-corrected chi connectivity index (χ2v) is 9.60. The van der Waals surface area contributed by atoms with Crippen LogP contribution in [0.5, 0.6) is 0 Å². The predicted molar refractivity (Wildman–Crippen MR) is 123 cm³/mol. The van der Waals surface area contributed by atoms with Crippen LogP contribution in [0.4, 0.5) is 0 Å². The highest BCUT2D eigenvalue weighted by atomic mass is 32.2. The van der Waals surface area contributed by atoms with Gasteiger partial charge in [-0.2, -0.15) is 0 Å². The molecule has 32 heavy (non-hydrogen) atoms. The van der Waals surface area contributed by atoms with Gasteiger partial charge in [0.25, 0.3) is 5.56 Å². The topological polar surface area (TPSA) is 110 Å². The highest BCUT2D eigenvalue weighted by Crippen LogP contribution is 2.40. The summed E-state index contributed by atoms with van der Waals surface area (Å²) in [5.74, 6) is 1.40. The van der Waals surface area contributed by atoms with Crippen molar-refractivity contribution in [2.24, 2.45) is 0 Å². The number of H-pyrrole nitrogens is 1. The molecule has 3 aromatic rings. The molecule has 9 heteroatoms. The van der Waals surface area contributed by atoms with Gasteiger partial charge in [-0.1, -0.05) is 30.3 Å². The van der Waals surface area contributed by atoms with Crippen LogP contribution in [0.15, 0.2) is 44.9 Å². The van der Waals surface area contributed by atoms with E-state index in [4.69, 9.17) is 0 Å². The Morgan fingerprint density at radius 3 is 2.62 bits per heavy atom. The lowest BCUT2D eigenvalue weighted by atomic mass is 10.1. The molecule has 1 atom stereocenters. The molecule has 5 rings (SSSR count). The lowest BCUT2D eigenvalue weighted by molar-refractivity contribution is -0.121. The van der Waals surface area contributed by atoms with Crippen molar-refractivity contribution in [3.05, 3.63) is 62.6 Å². The molecule has 1 amide bonds. The maximum atomic E-state index is 12.7. The number of rotatable bonds is 8. The van der Waals surface area contributed by atoms with Crippen molar-refractivity contribution < 1.29 is 4.79 Å². The maximum Gasteiger partial charge on any atom is 0.330 e. The molecule has 2 heterocycles. The van der Waals surface area contributed by atoms with Crippen molar-refractivity contribution in [2.45, 2.75) is 62.1 Å². The summed E-state index contributed by atoms with van der Waals surface area (Å²) in [4.78, 5) is 49.3. The van der Waals surface area contributed by atoms with Gasteiger partial charge < -0.3 is 5.32 Å². The summed E-state index contributed by atoms with van der Waals surface area (Å²) in [5.41, 5.74) is 0.612. The van der Waals surface area contributed by atoms with E-state index in [1.807, 2.05) is 37.3 Å². The first-order chi connectivity index (χ1) is 15.5. The standard InChI is InChI=1S/C23H25N5O3S/c1-13(14-5-3-2-4-6-14)24-17(29)11-12-32-22-18-20(25-19(26-22)15-7-8-15)28(16-9-10-16)23(31)27-21(18)30/h2-6,13,15-16H,7-12H2,1H3,(H,24,29)(H,27,30,31). The van der Waals surface area contributed by atoms with E-state index in [0.29, 0.717) is 34.1 Å². The van der Waals surface area contributed by atoms with E-state index in [1.54, 1.807) is 4.57 Å². The molecule has 1 aromatic carbocycles. The number of amides is 1. The number of aromatic amines is 1. The quantitative estimate of drug-likeness (QED) is 0.402. The Bertz CT molecular complexity index is 1280. The van der Waals surface area contributed by atoms with Crippen molar-refractivity contribution in [3.63, 3.8) is 0 Å². The zero-order chi connectivity index (χ0) is 22.2. The van der Waals surface area contributed by atoms with Gasteiger partial charge >= 0.3 is 5.69 Å². The molecule has 1 unspecified atom stereocenters. The zero-order valence-corrected chi connectivity index (χ0v) is 18.7. The van der Waals surface area contributed by atoms with Crippen molar-refractivity contribution in [2.75, 3.05) is 5.75 Å². The minimum absolute atomic E-state index is 0.0570. The molecule has 2 saturated carbocycles. The lowest BCUT2D eigenvalue weighted by Crippen LogP contribution is -2.31. The van der Waals surface area contributed by atoms with Gasteiger partial charge in [-0.3, -0.25) is 19.1 Å². The van der Waals surface area contributed by atoms with Crippen LogP contribution in [-0.2, 0) is 4.79 Å². The molecule has 0 saturated heterocycles. The van der Waals surface area contributed by atoms with Crippen LogP contribution in [0, 0.1) is 0 Å². The molecule has 8 nitrogen and oxygen atoms in total. The summed E-state index contributed by atoms with van der Waals surface area (Å²) < 4.78 is 1.61. The van der Waals surface area contributed by atoms with E-state index in [1.165, 1.54) is 11.8 Å². The number of fused-ring (bicyclic) bond motifs is 1. The highest BCUT2D eigenvalue weighted by molar-refractivity contribution is 7.99. The number of hydrogen-bond acceptors (Lipinski definition) is 6. The average molecular weight is 452 g/mol. The van der Waals surface area contributed by atoms with Gasteiger partial charge in [0.1, 0.15) is 16.2 Å². The van der Waals surface area contributed by atoms with Crippen LogP contribution in [0.3, 0.4) is 0 Å². The fourth-order valence-electron chi connectivity index (χ4n) is 3.81. The van der Waals surface area contributed by atoms with Crippen LogP contribution in [-0.4, -0.2) is 31.2 Å². The fraction of sp³-hybridized carbons (Fsp3) is 0.435. The molecule has 2 aliphatic carbocycles. The van der Waals surface area contributed by atoms with Gasteiger partial charge in [0, 0.05) is 24.1 Å². The molecule has 166 valence electrons. The summed E-state index contributed by atoms with van der Waals surface area (Å²) in [7, 11) is 0. The van der Waals surface area contributed by atoms with E-state index in [0.717, 1.165) is 31.2 Å². The number of hydrogen-bond donors (Lipinski definition) is 2. The molecular weight excluding hydrogens is 426 g/mol. The summed E-state index contributed by atoms with van der Waals surface area (Å²) in [6, 6.07) is 9.82. The van der Waals surface area contributed by atoms with E-state index >= 15 is 0 Å². The number of carbonyl (C=O) groups is 1. The van der Waals surface area contributed by atoms with E-state index in [2.05, 4.69) is 20.3 Å². The third-order valence-electron chi connectivity index (χ3n) is 5.87. The van der Waals surface area contributed by atoms with Crippen LogP contribution >= 0.6 is 11.8 Å². The van der Waals surface area contributed by atoms with Gasteiger partial charge in [-0.25, -0.2) is 14.8 Å². The summed E-state index contributed by atoms with van der Waals surface area (Å²) in [5, 5.41) is 3.92. The molecule has 0 radical (unpaired) electrons. The molecule has 0 spiro atoms. The summed E-state index contributed by atoms with van der Waals surface area (Å²) in [6.07, 6.45) is 4.16. The molecule has 2 aliphatic rings. The third-order valence-corrected chi connectivity index (χ3v) is 6.85. The first kappa shape index (κ1) is 20.9. The first-order valence-electron chi connectivity index (χ1n) is 11.0. The number of nitrogens with zero attached hydrogens (tertiary/aromatic N) is 3. The molecular formula is C23H25N5O3S. The second-order valence-electron chi connectivity index (χ2n) is 8.52. The Morgan fingerprint density at radius 1 is 1.19 bits per heavy atom. The number of carbonyl (C=O) groups excluding carboxylic acids is 1. The normalized spacial score (nSPS) is 16.8. The van der Waals surface area contributed by atoms with E-state index < -0.39 is 11.2 Å². The first-order valence-corrected chi connectivity index (χ1v) is 12.0. The average Bonchev–Trinajstić information content (AvgIpc) is 3.67.